The van der Waals surface area contributed by atoms with E-state index >= 15 is 0 Å². The number of carbonyl (C=O) groups excluding carboxylic acids is 2. The second-order valence-corrected chi connectivity index (χ2v) is 8.36. The monoisotopic (exact) mass is 370 g/mol. The molecule has 2 heterocycles. The van der Waals surface area contributed by atoms with Crippen molar-refractivity contribution in [3.05, 3.63) is 35.4 Å². The van der Waals surface area contributed by atoms with Gasteiger partial charge in [-0.2, -0.15) is 0 Å². The predicted molar refractivity (Wildman–Crippen MR) is 103 cm³/mol. The van der Waals surface area contributed by atoms with Crippen molar-refractivity contribution >= 4 is 11.8 Å². The average molecular weight is 370 g/mol. The molecule has 4 rings (SSSR count). The van der Waals surface area contributed by atoms with Crippen molar-refractivity contribution in [2.75, 3.05) is 19.7 Å². The van der Waals surface area contributed by atoms with Gasteiger partial charge in [0, 0.05) is 19.5 Å². The van der Waals surface area contributed by atoms with E-state index < -0.39 is 0 Å². The Morgan fingerprint density at radius 2 is 1.67 bits per heavy atom. The van der Waals surface area contributed by atoms with Crippen LogP contribution in [0.4, 0.5) is 0 Å². The third kappa shape index (κ3) is 3.75. The van der Waals surface area contributed by atoms with Crippen LogP contribution < -0.4 is 0 Å². The summed E-state index contributed by atoms with van der Waals surface area (Å²) in [7, 11) is 0. The zero-order valence-corrected chi connectivity index (χ0v) is 16.0. The fraction of sp³-hybridized carbons (Fsp3) is 0.636. The first-order valence-electron chi connectivity index (χ1n) is 10.4. The number of aliphatic hydroxyl groups is 1. The Labute approximate surface area is 161 Å². The third-order valence-electron chi connectivity index (χ3n) is 6.58. The van der Waals surface area contributed by atoms with Crippen LogP contribution in [-0.4, -0.2) is 58.5 Å². The molecule has 2 atom stereocenters. The van der Waals surface area contributed by atoms with Crippen molar-refractivity contribution < 1.29 is 14.7 Å². The topological polar surface area (TPSA) is 60.9 Å². The Balaban J connectivity index is 1.41. The molecular weight excluding hydrogens is 340 g/mol. The number of benzene rings is 1. The van der Waals surface area contributed by atoms with Gasteiger partial charge < -0.3 is 14.9 Å². The van der Waals surface area contributed by atoms with Crippen molar-refractivity contribution in [1.29, 1.82) is 0 Å². The van der Waals surface area contributed by atoms with E-state index in [9.17, 15) is 14.7 Å². The third-order valence-corrected chi connectivity index (χ3v) is 6.58. The largest absolute Gasteiger partial charge is 0.394 e. The van der Waals surface area contributed by atoms with Gasteiger partial charge in [-0.15, -0.1) is 0 Å². The van der Waals surface area contributed by atoms with Gasteiger partial charge in [-0.3, -0.25) is 9.59 Å². The number of carbonyl (C=O) groups is 2. The molecule has 27 heavy (non-hydrogen) atoms. The molecule has 0 saturated carbocycles. The molecule has 2 saturated heterocycles. The number of hydrogen-bond donors (Lipinski definition) is 1. The maximum Gasteiger partial charge on any atom is 0.245 e. The minimum Gasteiger partial charge on any atom is -0.394 e. The number of amides is 2. The Bertz CT molecular complexity index is 680. The molecule has 0 radical (unpaired) electrons. The Hall–Kier alpha value is -1.88. The van der Waals surface area contributed by atoms with Crippen molar-refractivity contribution in [3.63, 3.8) is 0 Å². The summed E-state index contributed by atoms with van der Waals surface area (Å²) in [5, 5.41) is 9.56. The second-order valence-electron chi connectivity index (χ2n) is 8.36. The van der Waals surface area contributed by atoms with E-state index in [1.165, 1.54) is 11.1 Å². The summed E-state index contributed by atoms with van der Waals surface area (Å²) in [5.41, 5.74) is 2.73. The van der Waals surface area contributed by atoms with Gasteiger partial charge in [-0.1, -0.05) is 24.3 Å². The minimum atomic E-state index is -0.331. The van der Waals surface area contributed by atoms with Gasteiger partial charge in [0.1, 0.15) is 6.04 Å². The van der Waals surface area contributed by atoms with E-state index in [2.05, 4.69) is 24.3 Å². The van der Waals surface area contributed by atoms with Crippen LogP contribution in [0.3, 0.4) is 0 Å². The van der Waals surface area contributed by atoms with E-state index in [-0.39, 0.29) is 30.5 Å². The highest BCUT2D eigenvalue weighted by Gasteiger charge is 2.39. The van der Waals surface area contributed by atoms with Crippen LogP contribution in [0.2, 0.25) is 0 Å². The molecule has 5 nitrogen and oxygen atoms in total. The standard InChI is InChI=1S/C22H30N2O3/c25-15-19-8-5-11-23(19)22(27)20-9-3-4-10-24(20)21(26)14-16-12-17-6-1-2-7-18(17)13-16/h1-2,6-7,16,19-20,25H,3-5,8-15H2/t19-,20?/m0/s1. The molecule has 2 amide bonds. The molecule has 3 aliphatic rings. The molecule has 0 aromatic heterocycles. The number of nitrogens with zero attached hydrogens (tertiary/aromatic N) is 2. The first-order chi connectivity index (χ1) is 13.2. The minimum absolute atomic E-state index is 0.0206. The molecule has 1 aromatic rings. The van der Waals surface area contributed by atoms with Crippen molar-refractivity contribution in [1.82, 2.24) is 9.80 Å². The lowest BCUT2D eigenvalue weighted by Crippen LogP contribution is -2.54. The molecular formula is C22H30N2O3. The van der Waals surface area contributed by atoms with E-state index in [4.69, 9.17) is 0 Å². The van der Waals surface area contributed by atoms with Gasteiger partial charge in [0.25, 0.3) is 0 Å². The van der Waals surface area contributed by atoms with E-state index in [1.54, 1.807) is 0 Å². The summed E-state index contributed by atoms with van der Waals surface area (Å²) in [4.78, 5) is 29.9. The SMILES string of the molecule is O=C(CC1Cc2ccccc2C1)N1CCCCC1C(=O)N1CCC[C@H]1CO. The highest BCUT2D eigenvalue weighted by atomic mass is 16.3. The molecule has 0 bridgehead atoms. The molecule has 0 spiro atoms. The number of piperidine rings is 1. The van der Waals surface area contributed by atoms with Crippen LogP contribution in [0.1, 0.15) is 49.7 Å². The van der Waals surface area contributed by atoms with Crippen LogP contribution in [0.5, 0.6) is 0 Å². The summed E-state index contributed by atoms with van der Waals surface area (Å²) in [6.07, 6.45) is 6.99. The van der Waals surface area contributed by atoms with E-state index in [0.29, 0.717) is 25.4 Å². The fourth-order valence-electron chi connectivity index (χ4n) is 5.15. The molecule has 1 N–H and O–H groups in total. The van der Waals surface area contributed by atoms with Crippen LogP contribution in [-0.2, 0) is 22.4 Å². The molecule has 1 unspecified atom stereocenters. The van der Waals surface area contributed by atoms with Gasteiger partial charge in [-0.05, 0) is 62.0 Å². The Morgan fingerprint density at radius 3 is 2.37 bits per heavy atom. The molecule has 2 aliphatic heterocycles. The summed E-state index contributed by atoms with van der Waals surface area (Å²) in [5.74, 6) is 0.532. The normalized spacial score (nSPS) is 25.7. The quantitative estimate of drug-likeness (QED) is 0.883. The lowest BCUT2D eigenvalue weighted by Gasteiger charge is -2.38. The Kier molecular flexibility index (Phi) is 5.48. The number of likely N-dealkylation sites (tertiary alicyclic amines) is 2. The van der Waals surface area contributed by atoms with Gasteiger partial charge in [0.2, 0.25) is 11.8 Å². The first kappa shape index (κ1) is 18.5. The number of fused-ring (bicyclic) bond motifs is 1. The lowest BCUT2D eigenvalue weighted by molar-refractivity contribution is -0.149. The molecule has 2 fully saturated rings. The molecule has 146 valence electrons. The molecule has 1 aromatic carbocycles. The van der Waals surface area contributed by atoms with Gasteiger partial charge >= 0.3 is 0 Å². The average Bonchev–Trinajstić information content (AvgIpc) is 3.33. The smallest absolute Gasteiger partial charge is 0.245 e. The number of hydrogen-bond acceptors (Lipinski definition) is 3. The molecule has 1 aliphatic carbocycles. The predicted octanol–water partition coefficient (Wildman–Crippen LogP) is 2.16. The van der Waals surface area contributed by atoms with Crippen LogP contribution in [0.25, 0.3) is 0 Å². The summed E-state index contributed by atoms with van der Waals surface area (Å²) in [6.45, 7) is 1.42. The zero-order chi connectivity index (χ0) is 18.8. The summed E-state index contributed by atoms with van der Waals surface area (Å²) >= 11 is 0. The van der Waals surface area contributed by atoms with Crippen molar-refractivity contribution in [3.8, 4) is 0 Å². The molecule has 5 heteroatoms. The maximum atomic E-state index is 13.1. The highest BCUT2D eigenvalue weighted by molar-refractivity contribution is 5.88. The van der Waals surface area contributed by atoms with Crippen molar-refractivity contribution in [2.24, 2.45) is 5.92 Å². The number of aliphatic hydroxyl groups excluding tert-OH is 1. The number of rotatable bonds is 4. The first-order valence-corrected chi connectivity index (χ1v) is 10.4. The Morgan fingerprint density at radius 1 is 0.963 bits per heavy atom. The fourth-order valence-corrected chi connectivity index (χ4v) is 5.15. The van der Waals surface area contributed by atoms with Crippen LogP contribution >= 0.6 is 0 Å². The van der Waals surface area contributed by atoms with Gasteiger partial charge in [0.15, 0.2) is 0 Å². The highest BCUT2D eigenvalue weighted by Crippen LogP contribution is 2.31. The lowest BCUT2D eigenvalue weighted by atomic mass is 9.96. The van der Waals surface area contributed by atoms with Gasteiger partial charge in [0.05, 0.1) is 12.6 Å². The van der Waals surface area contributed by atoms with Crippen LogP contribution in [0.15, 0.2) is 24.3 Å². The van der Waals surface area contributed by atoms with Crippen LogP contribution in [0, 0.1) is 5.92 Å². The summed E-state index contributed by atoms with van der Waals surface area (Å²) < 4.78 is 0. The zero-order valence-electron chi connectivity index (χ0n) is 16.0. The summed E-state index contributed by atoms with van der Waals surface area (Å²) in [6, 6.07) is 8.06. The van der Waals surface area contributed by atoms with E-state index in [1.807, 2.05) is 9.80 Å². The maximum absolute atomic E-state index is 13.1. The van der Waals surface area contributed by atoms with E-state index in [0.717, 1.165) is 44.9 Å². The van der Waals surface area contributed by atoms with Gasteiger partial charge in [-0.25, -0.2) is 0 Å². The second kappa shape index (κ2) is 8.01. The van der Waals surface area contributed by atoms with Crippen molar-refractivity contribution in [2.45, 2.75) is 63.5 Å².